The Kier molecular flexibility index (Phi) is 5.39. The van der Waals surface area contributed by atoms with E-state index in [9.17, 15) is 9.59 Å². The number of carbonyl (C=O) groups excluding carboxylic acids is 2. The zero-order valence-electron chi connectivity index (χ0n) is 13.2. The highest BCUT2D eigenvalue weighted by Gasteiger charge is 2.43. The molecule has 0 spiro atoms. The molecule has 1 saturated heterocycles. The van der Waals surface area contributed by atoms with Crippen LogP contribution in [-0.2, 0) is 14.4 Å². The van der Waals surface area contributed by atoms with Gasteiger partial charge in [0, 0.05) is 0 Å². The molecule has 0 aromatic heterocycles. The van der Waals surface area contributed by atoms with E-state index < -0.39 is 11.7 Å². The molecule has 1 aliphatic heterocycles. The molecule has 2 atom stereocenters. The lowest BCUT2D eigenvalue weighted by atomic mass is 9.90. The van der Waals surface area contributed by atoms with Gasteiger partial charge in [-0.05, 0) is 33.1 Å². The molecule has 1 N–H and O–H groups in total. The zero-order valence-corrected chi connectivity index (χ0v) is 13.2. The Labute approximate surface area is 120 Å². The van der Waals surface area contributed by atoms with E-state index in [4.69, 9.17) is 9.57 Å². The molecule has 1 fully saturated rings. The van der Waals surface area contributed by atoms with Crippen LogP contribution in [0, 0.1) is 5.92 Å². The van der Waals surface area contributed by atoms with Crippen LogP contribution in [0.4, 0.5) is 4.79 Å². The number of ether oxygens (including phenoxy) is 1. The summed E-state index contributed by atoms with van der Waals surface area (Å²) in [6, 6.07) is -0.287. The monoisotopic (exact) mass is 286 g/mol. The van der Waals surface area contributed by atoms with Gasteiger partial charge in [0.25, 0.3) is 0 Å². The molecule has 6 heteroatoms. The number of β-lactam (4-membered cyclic amide) rings is 1. The molecule has 6 nitrogen and oxygen atoms in total. The summed E-state index contributed by atoms with van der Waals surface area (Å²) in [7, 11) is 1.46. The van der Waals surface area contributed by atoms with Crippen molar-refractivity contribution in [2.75, 3.05) is 7.11 Å². The largest absolute Gasteiger partial charge is 0.444 e. The fourth-order valence-electron chi connectivity index (χ4n) is 2.25. The van der Waals surface area contributed by atoms with Gasteiger partial charge in [-0.2, -0.15) is 0 Å². The van der Waals surface area contributed by atoms with Crippen molar-refractivity contribution in [1.82, 2.24) is 10.4 Å². The van der Waals surface area contributed by atoms with E-state index in [1.807, 2.05) is 20.8 Å². The molecule has 2 amide bonds. The summed E-state index contributed by atoms with van der Waals surface area (Å²) in [6.45, 7) is 9.60. The fraction of sp³-hybridized carbons (Fsp3) is 0.857. The molecule has 20 heavy (non-hydrogen) atoms. The first-order valence-electron chi connectivity index (χ1n) is 6.99. The highest BCUT2D eigenvalue weighted by atomic mass is 16.7. The molecule has 0 unspecified atom stereocenters. The standard InChI is InChI=1S/C14H26N2O4/c1-9(2)7-10(11-8-12(17)16(11)19-6)15-13(18)20-14(3,4)5/h9-11H,7-8H2,1-6H3,(H,15,18)/t10-,11-/m0/s1. The van der Waals surface area contributed by atoms with Crippen molar-refractivity contribution in [3.63, 3.8) is 0 Å². The third kappa shape index (κ3) is 4.67. The highest BCUT2D eigenvalue weighted by molar-refractivity contribution is 5.82. The van der Waals surface area contributed by atoms with Crippen LogP contribution < -0.4 is 5.32 Å². The number of rotatable bonds is 5. The Bertz CT molecular complexity index is 363. The van der Waals surface area contributed by atoms with Gasteiger partial charge >= 0.3 is 6.09 Å². The lowest BCUT2D eigenvalue weighted by Crippen LogP contribution is -2.62. The predicted molar refractivity (Wildman–Crippen MR) is 74.9 cm³/mol. The second kappa shape index (κ2) is 6.43. The lowest BCUT2D eigenvalue weighted by molar-refractivity contribution is -0.219. The molecule has 1 heterocycles. The number of nitrogens with one attached hydrogen (secondary N) is 1. The number of hydrogen-bond acceptors (Lipinski definition) is 4. The van der Waals surface area contributed by atoms with E-state index >= 15 is 0 Å². The zero-order chi connectivity index (χ0) is 15.5. The summed E-state index contributed by atoms with van der Waals surface area (Å²) < 4.78 is 5.27. The minimum absolute atomic E-state index is 0.0581. The summed E-state index contributed by atoms with van der Waals surface area (Å²) in [5.74, 6) is 0.335. The second-order valence-electron chi connectivity index (χ2n) is 6.56. The van der Waals surface area contributed by atoms with Gasteiger partial charge in [0.2, 0.25) is 5.91 Å². The Morgan fingerprint density at radius 2 is 2.05 bits per heavy atom. The number of alkyl carbamates (subject to hydrolysis) is 1. The number of carbonyl (C=O) groups is 2. The van der Waals surface area contributed by atoms with E-state index in [-0.39, 0.29) is 18.0 Å². The summed E-state index contributed by atoms with van der Waals surface area (Å²) in [4.78, 5) is 28.4. The Morgan fingerprint density at radius 3 is 2.45 bits per heavy atom. The molecule has 0 saturated carbocycles. The van der Waals surface area contributed by atoms with E-state index in [2.05, 4.69) is 19.2 Å². The van der Waals surface area contributed by atoms with Crippen LogP contribution in [0.2, 0.25) is 0 Å². The normalized spacial score (nSPS) is 20.6. The Hall–Kier alpha value is -1.30. The number of hydroxylamine groups is 2. The average molecular weight is 286 g/mol. The molecule has 1 rings (SSSR count). The fourth-order valence-corrected chi connectivity index (χ4v) is 2.25. The summed E-state index contributed by atoms with van der Waals surface area (Å²) in [5, 5.41) is 4.18. The molecule has 0 aromatic carbocycles. The molecule has 0 aromatic rings. The summed E-state index contributed by atoms with van der Waals surface area (Å²) in [6.07, 6.45) is 0.691. The van der Waals surface area contributed by atoms with E-state index in [1.165, 1.54) is 12.2 Å². The minimum Gasteiger partial charge on any atom is -0.444 e. The first-order valence-corrected chi connectivity index (χ1v) is 6.99. The van der Waals surface area contributed by atoms with Gasteiger partial charge in [-0.25, -0.2) is 9.86 Å². The quantitative estimate of drug-likeness (QED) is 0.786. The van der Waals surface area contributed by atoms with Crippen molar-refractivity contribution in [3.05, 3.63) is 0 Å². The highest BCUT2D eigenvalue weighted by Crippen LogP contribution is 2.26. The van der Waals surface area contributed by atoms with Crippen LogP contribution in [-0.4, -0.2) is 41.9 Å². The van der Waals surface area contributed by atoms with Crippen molar-refractivity contribution >= 4 is 12.0 Å². The van der Waals surface area contributed by atoms with Crippen LogP contribution in [0.5, 0.6) is 0 Å². The predicted octanol–water partition coefficient (Wildman–Crippen LogP) is 2.09. The molecule has 116 valence electrons. The smallest absolute Gasteiger partial charge is 0.407 e. The first-order chi connectivity index (χ1) is 9.14. The van der Waals surface area contributed by atoms with Gasteiger partial charge in [0.15, 0.2) is 0 Å². The van der Waals surface area contributed by atoms with Gasteiger partial charge in [-0.3, -0.25) is 9.63 Å². The van der Waals surface area contributed by atoms with Crippen LogP contribution in [0.25, 0.3) is 0 Å². The van der Waals surface area contributed by atoms with Gasteiger partial charge in [0.05, 0.1) is 25.6 Å². The number of hydrogen-bond donors (Lipinski definition) is 1. The van der Waals surface area contributed by atoms with E-state index in [0.29, 0.717) is 12.3 Å². The average Bonchev–Trinajstić information content (AvgIpc) is 2.21. The topological polar surface area (TPSA) is 67.9 Å². The molecule has 0 aliphatic carbocycles. The van der Waals surface area contributed by atoms with Crippen LogP contribution in [0.1, 0.15) is 47.5 Å². The Balaban J connectivity index is 2.66. The van der Waals surface area contributed by atoms with Crippen molar-refractivity contribution in [1.29, 1.82) is 0 Å². The van der Waals surface area contributed by atoms with E-state index in [1.54, 1.807) is 0 Å². The molecule has 0 radical (unpaired) electrons. The van der Waals surface area contributed by atoms with Gasteiger partial charge in [-0.15, -0.1) is 0 Å². The minimum atomic E-state index is -0.539. The molecular weight excluding hydrogens is 260 g/mol. The lowest BCUT2D eigenvalue weighted by Gasteiger charge is -2.43. The SMILES string of the molecule is CON1C(=O)C[C@H]1[C@H](CC(C)C)NC(=O)OC(C)(C)C. The van der Waals surface area contributed by atoms with Gasteiger partial charge in [0.1, 0.15) is 5.60 Å². The first kappa shape index (κ1) is 16.8. The summed E-state index contributed by atoms with van der Waals surface area (Å²) in [5.41, 5.74) is -0.539. The van der Waals surface area contributed by atoms with Crippen molar-refractivity contribution in [2.45, 2.75) is 65.1 Å². The maximum Gasteiger partial charge on any atom is 0.407 e. The Morgan fingerprint density at radius 1 is 1.45 bits per heavy atom. The number of nitrogens with zero attached hydrogens (tertiary/aromatic N) is 1. The third-order valence-electron chi connectivity index (χ3n) is 3.02. The number of amides is 2. The summed E-state index contributed by atoms with van der Waals surface area (Å²) >= 11 is 0. The van der Waals surface area contributed by atoms with Crippen LogP contribution in [0.3, 0.4) is 0 Å². The van der Waals surface area contributed by atoms with Crippen LogP contribution >= 0.6 is 0 Å². The molecule has 1 aliphatic rings. The molecular formula is C14H26N2O4. The van der Waals surface area contributed by atoms with Crippen molar-refractivity contribution < 1.29 is 19.2 Å². The third-order valence-corrected chi connectivity index (χ3v) is 3.02. The van der Waals surface area contributed by atoms with Crippen molar-refractivity contribution in [3.8, 4) is 0 Å². The van der Waals surface area contributed by atoms with Gasteiger partial charge in [-0.1, -0.05) is 13.8 Å². The van der Waals surface area contributed by atoms with E-state index in [0.717, 1.165) is 6.42 Å². The second-order valence-corrected chi connectivity index (χ2v) is 6.56. The van der Waals surface area contributed by atoms with Gasteiger partial charge < -0.3 is 10.1 Å². The maximum atomic E-state index is 11.9. The maximum absolute atomic E-state index is 11.9. The van der Waals surface area contributed by atoms with Crippen molar-refractivity contribution in [2.24, 2.45) is 5.92 Å². The molecule has 0 bridgehead atoms. The van der Waals surface area contributed by atoms with Crippen LogP contribution in [0.15, 0.2) is 0 Å².